The lowest BCUT2D eigenvalue weighted by Crippen LogP contribution is -2.06. The van der Waals surface area contributed by atoms with Crippen LogP contribution in [0.4, 0.5) is 17.5 Å². The van der Waals surface area contributed by atoms with Crippen molar-refractivity contribution in [2.24, 2.45) is 0 Å². The van der Waals surface area contributed by atoms with E-state index in [4.69, 9.17) is 27.9 Å². The van der Waals surface area contributed by atoms with E-state index < -0.39 is 0 Å². The molecule has 0 unspecified atom stereocenters. The van der Waals surface area contributed by atoms with Crippen molar-refractivity contribution >= 4 is 40.7 Å². The molecule has 7 heteroatoms. The third-order valence-corrected chi connectivity index (χ3v) is 4.32. The van der Waals surface area contributed by atoms with Crippen molar-refractivity contribution in [2.45, 2.75) is 13.5 Å². The summed E-state index contributed by atoms with van der Waals surface area (Å²) >= 11 is 12.4. The zero-order valence-electron chi connectivity index (χ0n) is 14.4. The van der Waals surface area contributed by atoms with E-state index in [0.29, 0.717) is 34.0 Å². The maximum Gasteiger partial charge on any atom is 0.229 e. The number of methoxy groups -OCH3 is 1. The van der Waals surface area contributed by atoms with Crippen molar-refractivity contribution in [2.75, 3.05) is 17.7 Å². The predicted octanol–water partition coefficient (Wildman–Crippen LogP) is 5.46. The minimum absolute atomic E-state index is 0.428. The second-order valence-electron chi connectivity index (χ2n) is 5.64. The number of benzene rings is 2. The van der Waals surface area contributed by atoms with E-state index in [1.165, 1.54) is 0 Å². The van der Waals surface area contributed by atoms with Gasteiger partial charge in [0.2, 0.25) is 5.95 Å². The number of hydrogen-bond donors (Lipinski definition) is 2. The highest BCUT2D eigenvalue weighted by Crippen LogP contribution is 2.31. The zero-order valence-corrected chi connectivity index (χ0v) is 15.9. The summed E-state index contributed by atoms with van der Waals surface area (Å²) < 4.78 is 5.17. The lowest BCUT2D eigenvalue weighted by atomic mass is 10.2. The molecule has 0 amide bonds. The number of rotatable bonds is 6. The molecule has 3 rings (SSSR count). The van der Waals surface area contributed by atoms with Crippen molar-refractivity contribution in [3.8, 4) is 5.75 Å². The molecule has 2 N–H and O–H groups in total. The van der Waals surface area contributed by atoms with Gasteiger partial charge in [0.1, 0.15) is 11.6 Å². The summed E-state index contributed by atoms with van der Waals surface area (Å²) in [6.45, 7) is 2.53. The van der Waals surface area contributed by atoms with Crippen LogP contribution in [0.15, 0.2) is 48.5 Å². The fourth-order valence-corrected chi connectivity index (χ4v) is 2.87. The molecule has 26 heavy (non-hydrogen) atoms. The first-order valence-corrected chi connectivity index (χ1v) is 8.74. The van der Waals surface area contributed by atoms with E-state index in [1.54, 1.807) is 25.3 Å². The number of halogens is 2. The van der Waals surface area contributed by atoms with Crippen LogP contribution < -0.4 is 15.4 Å². The Kier molecular flexibility index (Phi) is 5.81. The third-order valence-electron chi connectivity index (χ3n) is 3.69. The molecule has 0 saturated carbocycles. The van der Waals surface area contributed by atoms with Gasteiger partial charge in [0, 0.05) is 18.3 Å². The van der Waals surface area contributed by atoms with Gasteiger partial charge in [-0.1, -0.05) is 41.4 Å². The Hall–Kier alpha value is -2.50. The molecule has 0 aliphatic carbocycles. The molecule has 1 heterocycles. The van der Waals surface area contributed by atoms with Crippen LogP contribution in [0.25, 0.3) is 0 Å². The average Bonchev–Trinajstić information content (AvgIpc) is 2.63. The van der Waals surface area contributed by atoms with Crippen molar-refractivity contribution in [1.82, 2.24) is 9.97 Å². The number of aromatic nitrogens is 2. The lowest BCUT2D eigenvalue weighted by molar-refractivity contribution is 0.414. The fourth-order valence-electron chi connectivity index (χ4n) is 2.38. The Bertz CT molecular complexity index is 880. The third kappa shape index (κ3) is 4.56. The van der Waals surface area contributed by atoms with Crippen LogP contribution in [-0.4, -0.2) is 17.1 Å². The molecule has 0 aliphatic heterocycles. The summed E-state index contributed by atoms with van der Waals surface area (Å²) in [5.41, 5.74) is 2.52. The van der Waals surface area contributed by atoms with Crippen LogP contribution in [0, 0.1) is 6.92 Å². The van der Waals surface area contributed by atoms with Gasteiger partial charge >= 0.3 is 0 Å². The molecule has 2 aromatic carbocycles. The van der Waals surface area contributed by atoms with E-state index in [-0.39, 0.29) is 0 Å². The van der Waals surface area contributed by atoms with Crippen molar-refractivity contribution in [3.63, 3.8) is 0 Å². The highest BCUT2D eigenvalue weighted by atomic mass is 35.5. The monoisotopic (exact) mass is 388 g/mol. The van der Waals surface area contributed by atoms with E-state index in [9.17, 15) is 0 Å². The molecule has 134 valence electrons. The Labute approximate surface area is 162 Å². The minimum Gasteiger partial charge on any atom is -0.497 e. The zero-order chi connectivity index (χ0) is 18.5. The van der Waals surface area contributed by atoms with Crippen LogP contribution in [0.5, 0.6) is 5.75 Å². The van der Waals surface area contributed by atoms with Crippen molar-refractivity contribution in [1.29, 1.82) is 0 Å². The maximum atomic E-state index is 6.20. The first-order valence-electron chi connectivity index (χ1n) is 7.98. The van der Waals surface area contributed by atoms with Gasteiger partial charge < -0.3 is 15.4 Å². The van der Waals surface area contributed by atoms with Gasteiger partial charge in [0.05, 0.1) is 22.8 Å². The molecule has 0 atom stereocenters. The summed E-state index contributed by atoms with van der Waals surface area (Å²) in [5.74, 6) is 1.96. The van der Waals surface area contributed by atoms with E-state index >= 15 is 0 Å². The van der Waals surface area contributed by atoms with Crippen molar-refractivity contribution < 1.29 is 4.74 Å². The molecule has 0 fully saturated rings. The fraction of sp³-hybridized carbons (Fsp3) is 0.158. The van der Waals surface area contributed by atoms with Crippen LogP contribution in [0.1, 0.15) is 11.3 Å². The summed E-state index contributed by atoms with van der Waals surface area (Å²) in [6, 6.07) is 15.0. The molecule has 0 bridgehead atoms. The summed E-state index contributed by atoms with van der Waals surface area (Å²) in [5, 5.41) is 7.41. The Morgan fingerprint density at radius 1 is 1.00 bits per heavy atom. The van der Waals surface area contributed by atoms with Gasteiger partial charge in [-0.15, -0.1) is 0 Å². The first-order chi connectivity index (χ1) is 12.5. The summed E-state index contributed by atoms with van der Waals surface area (Å²) in [4.78, 5) is 8.88. The summed E-state index contributed by atoms with van der Waals surface area (Å²) in [6.07, 6.45) is 0. The maximum absolute atomic E-state index is 6.20. The average molecular weight is 389 g/mol. The molecular formula is C19H18Cl2N4O. The molecule has 0 spiro atoms. The smallest absolute Gasteiger partial charge is 0.229 e. The molecule has 3 aromatic rings. The number of aryl methyl sites for hydroxylation is 1. The number of para-hydroxylation sites is 1. The highest BCUT2D eigenvalue weighted by molar-refractivity contribution is 6.39. The quantitative estimate of drug-likeness (QED) is 0.587. The van der Waals surface area contributed by atoms with Gasteiger partial charge in [-0.2, -0.15) is 4.98 Å². The van der Waals surface area contributed by atoms with Gasteiger partial charge in [0.15, 0.2) is 0 Å². The Morgan fingerprint density at radius 2 is 1.69 bits per heavy atom. The van der Waals surface area contributed by atoms with E-state index in [0.717, 1.165) is 17.0 Å². The molecular weight excluding hydrogens is 371 g/mol. The summed E-state index contributed by atoms with van der Waals surface area (Å²) in [7, 11) is 1.65. The molecule has 0 aliphatic rings. The second kappa shape index (κ2) is 8.25. The normalized spacial score (nSPS) is 10.5. The number of hydrogen-bond acceptors (Lipinski definition) is 5. The molecule has 0 radical (unpaired) electrons. The van der Waals surface area contributed by atoms with Crippen LogP contribution in [0.3, 0.4) is 0 Å². The standard InChI is InChI=1S/C19H18Cl2N4O/c1-12-10-17(22-11-13-6-8-14(26-2)9-7-13)24-19(23-12)25-18-15(20)4-3-5-16(18)21/h3-10H,11H2,1-2H3,(H2,22,23,24,25). The van der Waals surface area contributed by atoms with Crippen LogP contribution in [-0.2, 0) is 6.54 Å². The largest absolute Gasteiger partial charge is 0.497 e. The second-order valence-corrected chi connectivity index (χ2v) is 6.46. The van der Waals surface area contributed by atoms with E-state index in [1.807, 2.05) is 37.3 Å². The lowest BCUT2D eigenvalue weighted by Gasteiger charge is -2.12. The van der Waals surface area contributed by atoms with Crippen LogP contribution >= 0.6 is 23.2 Å². The number of nitrogens with zero attached hydrogens (tertiary/aromatic N) is 2. The van der Waals surface area contributed by atoms with E-state index in [2.05, 4.69) is 20.6 Å². The van der Waals surface area contributed by atoms with Gasteiger partial charge in [0.25, 0.3) is 0 Å². The Morgan fingerprint density at radius 3 is 2.35 bits per heavy atom. The van der Waals surface area contributed by atoms with Crippen LogP contribution in [0.2, 0.25) is 10.0 Å². The first kappa shape index (κ1) is 18.3. The molecule has 1 aromatic heterocycles. The predicted molar refractivity (Wildman–Crippen MR) is 107 cm³/mol. The van der Waals surface area contributed by atoms with Crippen molar-refractivity contribution in [3.05, 3.63) is 69.8 Å². The number of anilines is 3. The SMILES string of the molecule is COc1ccc(CNc2cc(C)nc(Nc3c(Cl)cccc3Cl)n2)cc1. The molecule has 5 nitrogen and oxygen atoms in total. The highest BCUT2D eigenvalue weighted by Gasteiger charge is 2.09. The molecule has 0 saturated heterocycles. The van der Waals surface area contributed by atoms with Gasteiger partial charge in [-0.05, 0) is 36.8 Å². The number of ether oxygens (including phenoxy) is 1. The Balaban J connectivity index is 1.74. The van der Waals surface area contributed by atoms with Gasteiger partial charge in [-0.25, -0.2) is 4.98 Å². The van der Waals surface area contributed by atoms with Gasteiger partial charge in [-0.3, -0.25) is 0 Å². The minimum atomic E-state index is 0.428. The number of nitrogens with one attached hydrogen (secondary N) is 2. The topological polar surface area (TPSA) is 59.1 Å².